The zero-order valence-corrected chi connectivity index (χ0v) is 37.4. The van der Waals surface area contributed by atoms with Gasteiger partial charge in [-0.25, -0.2) is 19.6 Å². The summed E-state index contributed by atoms with van der Waals surface area (Å²) in [5.74, 6) is -3.14. The fraction of sp³-hybridized carbons (Fsp3) is 0.556. The molecule has 2 saturated carbocycles. The first-order valence-electron chi connectivity index (χ1n) is 20.9. The molecule has 4 aliphatic rings. The minimum Gasteiger partial charge on any atom is -0.458 e. The SMILES string of the molecule is CC(=O)O[C@@]12CO[C@@H]1C[C@H](O)[C@@]1(C)C(=O)[C@H](O)C3=C(C)[C@@H](OC(=O)[C@H](OC(=O)COC(=O)CCCS)[C@@H](C)c4ccccc4)C[C@H]([C@@H](OC(=O)c4ccccc4)[C@H]21)C3(C)C.NOOO. The third-order valence-electron chi connectivity index (χ3n) is 13.2. The van der Waals surface area contributed by atoms with Crippen LogP contribution in [0.4, 0.5) is 0 Å². The van der Waals surface area contributed by atoms with Crippen molar-refractivity contribution in [2.75, 3.05) is 19.0 Å². The van der Waals surface area contributed by atoms with Crippen LogP contribution in [0.1, 0.15) is 89.1 Å². The lowest BCUT2D eigenvalue weighted by molar-refractivity contribution is -0.494. The molecule has 3 aliphatic carbocycles. The van der Waals surface area contributed by atoms with Crippen molar-refractivity contribution in [1.29, 1.82) is 0 Å². The molecule has 1 heterocycles. The molecule has 11 atom stereocenters. The van der Waals surface area contributed by atoms with E-state index in [1.807, 2.05) is 0 Å². The number of esters is 5. The number of Topliss-reactive ketones (excluding diaryl/α,β-unsaturated/α-hetero) is 1. The number of hydrogen-bond acceptors (Lipinski definition) is 19. The highest BCUT2D eigenvalue weighted by atomic mass is 32.1. The van der Waals surface area contributed by atoms with Gasteiger partial charge in [-0.2, -0.15) is 18.5 Å². The Labute approximate surface area is 375 Å². The van der Waals surface area contributed by atoms with Crippen molar-refractivity contribution >= 4 is 48.3 Å². The Balaban J connectivity index is 0.00000185. The molecule has 64 heavy (non-hydrogen) atoms. The molecule has 2 bridgehead atoms. The second kappa shape index (κ2) is 21.1. The molecule has 2 aromatic rings. The Morgan fingerprint density at radius 2 is 1.58 bits per heavy atom. The van der Waals surface area contributed by atoms with Crippen molar-refractivity contribution in [3.63, 3.8) is 0 Å². The average Bonchev–Trinajstić information content (AvgIpc) is 3.27. The van der Waals surface area contributed by atoms with E-state index < -0.39 is 113 Å². The molecular formula is C45H57NO17S. The minimum atomic E-state index is -1.84. The van der Waals surface area contributed by atoms with E-state index in [1.54, 1.807) is 88.4 Å². The molecule has 1 aliphatic heterocycles. The quantitative estimate of drug-likeness (QED) is 0.0451. The van der Waals surface area contributed by atoms with Crippen LogP contribution >= 0.6 is 12.6 Å². The van der Waals surface area contributed by atoms with Crippen LogP contribution in [0.2, 0.25) is 0 Å². The summed E-state index contributed by atoms with van der Waals surface area (Å²) < 4.78 is 35.5. The van der Waals surface area contributed by atoms with Gasteiger partial charge >= 0.3 is 29.8 Å². The Kier molecular flexibility index (Phi) is 16.5. The van der Waals surface area contributed by atoms with Crippen LogP contribution in [0.5, 0.6) is 0 Å². The summed E-state index contributed by atoms with van der Waals surface area (Å²) in [5, 5.41) is 34.0. The van der Waals surface area contributed by atoms with E-state index in [1.165, 1.54) is 13.8 Å². The summed E-state index contributed by atoms with van der Waals surface area (Å²) in [6.07, 6.45) is -7.76. The maximum absolute atomic E-state index is 15.0. The predicted octanol–water partition coefficient (Wildman–Crippen LogP) is 3.77. The zero-order chi connectivity index (χ0) is 47.1. The number of aliphatic hydroxyl groups is 2. The van der Waals surface area contributed by atoms with Gasteiger partial charge in [-0.15, -0.1) is 4.99 Å². The molecule has 1 saturated heterocycles. The third-order valence-corrected chi connectivity index (χ3v) is 13.5. The number of aliphatic hydroxyl groups excluding tert-OH is 2. The average molecular weight is 916 g/mol. The van der Waals surface area contributed by atoms with Crippen LogP contribution in [0.25, 0.3) is 0 Å². The lowest BCUT2D eigenvalue weighted by atomic mass is 9.46. The van der Waals surface area contributed by atoms with Crippen molar-refractivity contribution in [2.45, 2.75) is 115 Å². The van der Waals surface area contributed by atoms with E-state index in [9.17, 15) is 34.2 Å². The van der Waals surface area contributed by atoms with Crippen molar-refractivity contribution < 1.29 is 82.7 Å². The topological polar surface area (TPSA) is 263 Å². The first-order valence-corrected chi connectivity index (χ1v) is 21.5. The fourth-order valence-electron chi connectivity index (χ4n) is 9.96. The molecule has 19 heteroatoms. The van der Waals surface area contributed by atoms with Crippen molar-refractivity contribution in [1.82, 2.24) is 0 Å². The summed E-state index contributed by atoms with van der Waals surface area (Å²) >= 11 is 4.09. The number of carbonyl (C=O) groups excluding carboxylic acids is 6. The van der Waals surface area contributed by atoms with Crippen molar-refractivity contribution in [3.05, 3.63) is 82.9 Å². The van der Waals surface area contributed by atoms with E-state index in [0.29, 0.717) is 23.3 Å². The van der Waals surface area contributed by atoms with Gasteiger partial charge in [0.25, 0.3) is 0 Å². The number of thiol groups is 1. The molecule has 2 aromatic carbocycles. The number of ether oxygens (including phenoxy) is 6. The molecular weight excluding hydrogens is 859 g/mol. The molecule has 0 spiro atoms. The highest BCUT2D eigenvalue weighted by Gasteiger charge is 2.75. The zero-order valence-electron chi connectivity index (χ0n) is 36.5. The van der Waals surface area contributed by atoms with Crippen molar-refractivity contribution in [2.24, 2.45) is 28.6 Å². The first-order chi connectivity index (χ1) is 30.3. The number of hydrogen-bond donors (Lipinski definition) is 5. The van der Waals surface area contributed by atoms with Gasteiger partial charge in [0.15, 0.2) is 18.0 Å². The standard InChI is InChI=1S/C45H54O14S.H3NO3/c1-24(27-14-9-7-10-15-27)37(57-34(49)22-54-33(48)18-13-19-60)42(53)56-30-20-29-38(58-41(52)28-16-11-8-12-17-28)39-44(6,40(51)36(50)35(25(30)2)43(29,4)5)31(47)21-32-45(39,23-55-32)59-26(3)46;1-3-4-2/h7-12,14-17,24,29-32,36-39,47,50,60H,13,18-23H2,1-6H3;2H,1H2/t24-,29+,30-,31-,32+,36+,37+,38+,39-,44+,45-;/m0./s1. The van der Waals surface area contributed by atoms with Gasteiger partial charge in [-0.1, -0.05) is 74.3 Å². The summed E-state index contributed by atoms with van der Waals surface area (Å²) in [6, 6.07) is 17.0. The Bertz CT molecular complexity index is 2050. The van der Waals surface area contributed by atoms with Crippen LogP contribution in [0.3, 0.4) is 0 Å². The van der Waals surface area contributed by atoms with Gasteiger partial charge in [-0.05, 0) is 66.7 Å². The van der Waals surface area contributed by atoms with E-state index in [-0.39, 0.29) is 37.0 Å². The third kappa shape index (κ3) is 10.1. The van der Waals surface area contributed by atoms with E-state index in [4.69, 9.17) is 33.7 Å². The van der Waals surface area contributed by atoms with Crippen molar-refractivity contribution in [3.8, 4) is 0 Å². The van der Waals surface area contributed by atoms with Gasteiger partial charge in [0.1, 0.15) is 24.4 Å². The Morgan fingerprint density at radius 3 is 2.14 bits per heavy atom. The summed E-state index contributed by atoms with van der Waals surface area (Å²) in [6.45, 7) is 8.70. The molecule has 3 fully saturated rings. The fourth-order valence-corrected chi connectivity index (χ4v) is 10.1. The molecule has 6 rings (SSSR count). The maximum Gasteiger partial charge on any atom is 0.348 e. The maximum atomic E-state index is 15.0. The van der Waals surface area contributed by atoms with Gasteiger partial charge in [0.05, 0.1) is 29.6 Å². The molecule has 0 aromatic heterocycles. The van der Waals surface area contributed by atoms with Gasteiger partial charge in [-0.3, -0.25) is 14.4 Å². The summed E-state index contributed by atoms with van der Waals surface area (Å²) in [5.41, 5.74) is -3.12. The molecule has 0 unspecified atom stereocenters. The summed E-state index contributed by atoms with van der Waals surface area (Å²) in [4.78, 5) is 84.9. The molecule has 350 valence electrons. The Hall–Kier alpha value is -4.73. The monoisotopic (exact) mass is 915 g/mol. The second-order valence-electron chi connectivity index (χ2n) is 17.2. The lowest BCUT2D eigenvalue weighted by Crippen LogP contribution is -2.79. The van der Waals surface area contributed by atoms with Crippen LogP contribution < -0.4 is 5.90 Å². The van der Waals surface area contributed by atoms with Gasteiger partial charge in [0.2, 0.25) is 6.10 Å². The highest BCUT2D eigenvalue weighted by Crippen LogP contribution is 2.63. The van der Waals surface area contributed by atoms with Crippen LogP contribution in [0.15, 0.2) is 71.8 Å². The normalized spacial score (nSPS) is 29.9. The van der Waals surface area contributed by atoms with E-state index in [0.717, 1.165) is 0 Å². The number of rotatable bonds is 14. The number of nitrogens with two attached hydrogens (primary N) is 1. The predicted molar refractivity (Wildman–Crippen MR) is 225 cm³/mol. The molecule has 5 N–H and O–H groups in total. The smallest absolute Gasteiger partial charge is 0.348 e. The first kappa shape index (κ1) is 50.3. The summed E-state index contributed by atoms with van der Waals surface area (Å²) in [7, 11) is 0. The number of fused-ring (bicyclic) bond motifs is 5. The van der Waals surface area contributed by atoms with Crippen LogP contribution in [-0.2, 0) is 62.4 Å². The number of benzene rings is 2. The molecule has 0 amide bonds. The van der Waals surface area contributed by atoms with Gasteiger partial charge < -0.3 is 38.6 Å². The number of carbonyl (C=O) groups is 6. The van der Waals surface area contributed by atoms with Crippen LogP contribution in [-0.4, -0.2) is 112 Å². The largest absolute Gasteiger partial charge is 0.458 e. The van der Waals surface area contributed by atoms with E-state index in [2.05, 4.69) is 28.6 Å². The van der Waals surface area contributed by atoms with E-state index >= 15 is 4.79 Å². The lowest BCUT2D eigenvalue weighted by Gasteiger charge is -2.65. The van der Waals surface area contributed by atoms with Gasteiger partial charge in [0, 0.05) is 31.6 Å². The second-order valence-corrected chi connectivity index (χ2v) is 17.7. The minimum absolute atomic E-state index is 0.0325. The van der Waals surface area contributed by atoms with Crippen LogP contribution in [0, 0.1) is 22.7 Å². The molecule has 0 radical (unpaired) electrons. The molecule has 18 nitrogen and oxygen atoms in total. The number of ketones is 1. The highest BCUT2D eigenvalue weighted by molar-refractivity contribution is 7.80. The Morgan fingerprint density at radius 1 is 0.953 bits per heavy atom.